The van der Waals surface area contributed by atoms with Gasteiger partial charge in [-0.15, -0.1) is 0 Å². The summed E-state index contributed by atoms with van der Waals surface area (Å²) in [5, 5.41) is 0. The van der Waals surface area contributed by atoms with Crippen molar-refractivity contribution in [3.63, 3.8) is 0 Å². The summed E-state index contributed by atoms with van der Waals surface area (Å²) < 4.78 is 13.0. The summed E-state index contributed by atoms with van der Waals surface area (Å²) in [6, 6.07) is 8.99. The lowest BCUT2D eigenvalue weighted by molar-refractivity contribution is 0.00578. The van der Waals surface area contributed by atoms with Crippen LogP contribution in [0.3, 0.4) is 0 Å². The average molecular weight is 343 g/mol. The van der Waals surface area contributed by atoms with Crippen LogP contribution in [0.5, 0.6) is 0 Å². The Morgan fingerprint density at radius 1 is 0.920 bits per heavy atom. The fraction of sp³-hybridized carbons (Fsp3) is 0.714. The van der Waals surface area contributed by atoms with Crippen LogP contribution in [0.2, 0.25) is 0 Å². The zero-order chi connectivity index (χ0) is 18.2. The molecule has 0 bridgehead atoms. The highest BCUT2D eigenvalue weighted by Gasteiger charge is 2.55. The van der Waals surface area contributed by atoms with Gasteiger partial charge < -0.3 is 14.2 Å². The van der Waals surface area contributed by atoms with Crippen molar-refractivity contribution in [2.75, 3.05) is 19.0 Å². The molecule has 1 aromatic carbocycles. The molecule has 1 aliphatic carbocycles. The number of hydrogen-bond donors (Lipinski definition) is 0. The van der Waals surface area contributed by atoms with Gasteiger partial charge in [0, 0.05) is 25.6 Å². The van der Waals surface area contributed by atoms with Crippen molar-refractivity contribution in [3.8, 4) is 0 Å². The molecule has 0 aromatic heterocycles. The van der Waals surface area contributed by atoms with Gasteiger partial charge in [0.1, 0.15) is 0 Å². The number of hydrogen-bond acceptors (Lipinski definition) is 3. The highest BCUT2D eigenvalue weighted by atomic mass is 16.7. The van der Waals surface area contributed by atoms with Gasteiger partial charge in [-0.1, -0.05) is 44.2 Å². The standard InChI is InChI=1S/C21H34BNO2/c1-20(2)21(3,4)25-22(24-20)19(16-10-8-7-9-11-16)17-12-14-18(15-13-17)23(5)6/h12-16,19H,7-11H2,1-6H3. The topological polar surface area (TPSA) is 21.7 Å². The Labute approximate surface area is 154 Å². The molecule has 1 heterocycles. The maximum Gasteiger partial charge on any atom is 0.466 e. The van der Waals surface area contributed by atoms with Crippen LogP contribution in [0.4, 0.5) is 5.69 Å². The fourth-order valence-electron chi connectivity index (χ4n) is 4.17. The highest BCUT2D eigenvalue weighted by Crippen LogP contribution is 2.46. The zero-order valence-electron chi connectivity index (χ0n) is 16.8. The SMILES string of the molecule is CN(C)c1ccc(C(B2OC(C)(C)C(C)(C)O2)C2CCCCC2)cc1. The quantitative estimate of drug-likeness (QED) is 0.714. The second kappa shape index (κ2) is 6.96. The van der Waals surface area contributed by atoms with Gasteiger partial charge in [0.05, 0.1) is 11.2 Å². The van der Waals surface area contributed by atoms with Gasteiger partial charge in [0.15, 0.2) is 0 Å². The van der Waals surface area contributed by atoms with Crippen LogP contribution in [0, 0.1) is 5.92 Å². The number of anilines is 1. The van der Waals surface area contributed by atoms with Crippen LogP contribution in [0.1, 0.15) is 71.2 Å². The second-order valence-electron chi connectivity index (χ2n) is 9.03. The van der Waals surface area contributed by atoms with Crippen molar-refractivity contribution in [3.05, 3.63) is 29.8 Å². The molecule has 0 spiro atoms. The van der Waals surface area contributed by atoms with Crippen molar-refractivity contribution in [2.45, 2.75) is 76.8 Å². The molecule has 25 heavy (non-hydrogen) atoms. The molecule has 3 nitrogen and oxygen atoms in total. The molecule has 4 heteroatoms. The van der Waals surface area contributed by atoms with E-state index < -0.39 is 0 Å². The van der Waals surface area contributed by atoms with E-state index in [1.54, 1.807) is 0 Å². The Hall–Kier alpha value is -0.995. The molecule has 138 valence electrons. The number of nitrogens with zero attached hydrogens (tertiary/aromatic N) is 1. The summed E-state index contributed by atoms with van der Waals surface area (Å²) in [5.74, 6) is 0.964. The fourth-order valence-corrected chi connectivity index (χ4v) is 4.17. The molecule has 0 radical (unpaired) electrons. The van der Waals surface area contributed by atoms with Gasteiger partial charge in [-0.3, -0.25) is 0 Å². The molecular formula is C21H34BNO2. The third-order valence-corrected chi connectivity index (χ3v) is 6.52. The highest BCUT2D eigenvalue weighted by molar-refractivity contribution is 6.47. The van der Waals surface area contributed by atoms with E-state index in [2.05, 4.69) is 71.0 Å². The van der Waals surface area contributed by atoms with Crippen LogP contribution in [0.15, 0.2) is 24.3 Å². The predicted octanol–water partition coefficient (Wildman–Crippen LogP) is 5.05. The first kappa shape index (κ1) is 18.8. The molecule has 1 aromatic rings. The van der Waals surface area contributed by atoms with E-state index >= 15 is 0 Å². The third-order valence-electron chi connectivity index (χ3n) is 6.52. The smallest absolute Gasteiger partial charge is 0.403 e. The first-order valence-electron chi connectivity index (χ1n) is 9.84. The van der Waals surface area contributed by atoms with E-state index in [1.807, 2.05) is 0 Å². The predicted molar refractivity (Wildman–Crippen MR) is 106 cm³/mol. The van der Waals surface area contributed by atoms with Gasteiger partial charge in [-0.2, -0.15) is 0 Å². The summed E-state index contributed by atoms with van der Waals surface area (Å²) >= 11 is 0. The normalized spacial score (nSPS) is 24.3. The van der Waals surface area contributed by atoms with Crippen molar-refractivity contribution in [2.24, 2.45) is 5.92 Å². The van der Waals surface area contributed by atoms with Crippen LogP contribution in [-0.2, 0) is 9.31 Å². The molecule has 3 rings (SSSR count). The molecular weight excluding hydrogens is 309 g/mol. The van der Waals surface area contributed by atoms with E-state index in [9.17, 15) is 0 Å². The molecule has 1 aliphatic heterocycles. The van der Waals surface area contributed by atoms with Crippen molar-refractivity contribution < 1.29 is 9.31 Å². The Kier molecular flexibility index (Phi) is 5.23. The lowest BCUT2D eigenvalue weighted by Gasteiger charge is -2.32. The van der Waals surface area contributed by atoms with E-state index in [0.717, 1.165) is 0 Å². The summed E-state index contributed by atoms with van der Waals surface area (Å²) in [7, 11) is 4.02. The number of rotatable bonds is 4. The molecule has 0 amide bonds. The molecule has 2 aliphatic rings. The average Bonchev–Trinajstić information content (AvgIpc) is 2.76. The molecule has 1 saturated heterocycles. The molecule has 1 atom stereocenters. The summed E-state index contributed by atoms with van der Waals surface area (Å²) in [6.07, 6.45) is 6.59. The van der Waals surface area contributed by atoms with Gasteiger partial charge in [-0.05, 0) is 51.3 Å². The summed E-state index contributed by atoms with van der Waals surface area (Å²) in [4.78, 5) is 2.15. The van der Waals surface area contributed by atoms with Gasteiger partial charge in [0.2, 0.25) is 0 Å². The van der Waals surface area contributed by atoms with Crippen molar-refractivity contribution in [1.29, 1.82) is 0 Å². The van der Waals surface area contributed by atoms with Crippen molar-refractivity contribution in [1.82, 2.24) is 0 Å². The van der Waals surface area contributed by atoms with E-state index in [1.165, 1.54) is 43.4 Å². The zero-order valence-corrected chi connectivity index (χ0v) is 16.8. The van der Waals surface area contributed by atoms with E-state index in [4.69, 9.17) is 9.31 Å². The van der Waals surface area contributed by atoms with Crippen molar-refractivity contribution >= 4 is 12.8 Å². The Balaban J connectivity index is 1.90. The van der Waals surface area contributed by atoms with Gasteiger partial charge in [0.25, 0.3) is 0 Å². The third kappa shape index (κ3) is 3.75. The summed E-state index contributed by atoms with van der Waals surface area (Å²) in [5.41, 5.74) is 2.05. The minimum atomic E-state index is -0.270. The van der Waals surface area contributed by atoms with Gasteiger partial charge in [-0.25, -0.2) is 0 Å². The maximum absolute atomic E-state index is 6.48. The molecule has 2 fully saturated rings. The maximum atomic E-state index is 6.48. The van der Waals surface area contributed by atoms with Crippen LogP contribution < -0.4 is 4.90 Å². The Morgan fingerprint density at radius 2 is 1.44 bits per heavy atom. The Bertz CT molecular complexity index is 560. The minimum absolute atomic E-state index is 0.154. The summed E-state index contributed by atoms with van der Waals surface area (Å²) in [6.45, 7) is 8.61. The van der Waals surface area contributed by atoms with Crippen LogP contribution >= 0.6 is 0 Å². The Morgan fingerprint density at radius 3 is 1.92 bits per heavy atom. The molecule has 1 unspecified atom stereocenters. The van der Waals surface area contributed by atoms with Gasteiger partial charge >= 0.3 is 7.12 Å². The molecule has 1 saturated carbocycles. The largest absolute Gasteiger partial charge is 0.466 e. The van der Waals surface area contributed by atoms with Crippen LogP contribution in [-0.4, -0.2) is 32.4 Å². The van der Waals surface area contributed by atoms with E-state index in [0.29, 0.717) is 11.7 Å². The molecule has 0 N–H and O–H groups in total. The monoisotopic (exact) mass is 343 g/mol. The van der Waals surface area contributed by atoms with Crippen LogP contribution in [0.25, 0.3) is 0 Å². The lowest BCUT2D eigenvalue weighted by atomic mass is 9.58. The number of benzene rings is 1. The van der Waals surface area contributed by atoms with E-state index in [-0.39, 0.29) is 18.3 Å². The second-order valence-corrected chi connectivity index (χ2v) is 9.03. The first-order chi connectivity index (χ1) is 11.7. The first-order valence-corrected chi connectivity index (χ1v) is 9.84. The lowest BCUT2D eigenvalue weighted by Crippen LogP contribution is -2.41. The minimum Gasteiger partial charge on any atom is -0.403 e.